The van der Waals surface area contributed by atoms with Crippen LogP contribution in [-0.2, 0) is 4.74 Å². The Morgan fingerprint density at radius 2 is 1.85 bits per heavy atom. The minimum atomic E-state index is -0.110. The molecular weight excluding hydrogens is 254 g/mol. The summed E-state index contributed by atoms with van der Waals surface area (Å²) in [5.41, 5.74) is 1.08. The molecule has 0 saturated carbocycles. The van der Waals surface area contributed by atoms with Crippen LogP contribution in [0.5, 0.6) is 0 Å². The molecule has 20 heavy (non-hydrogen) atoms. The van der Waals surface area contributed by atoms with Crippen molar-refractivity contribution in [3.05, 3.63) is 23.9 Å². The first-order chi connectivity index (χ1) is 9.75. The number of morpholine rings is 1. The molecule has 1 fully saturated rings. The van der Waals surface area contributed by atoms with Crippen molar-refractivity contribution in [1.29, 1.82) is 0 Å². The largest absolute Gasteiger partial charge is 0.378 e. The van der Waals surface area contributed by atoms with E-state index < -0.39 is 0 Å². The van der Waals surface area contributed by atoms with Gasteiger partial charge in [-0.1, -0.05) is 27.7 Å². The molecule has 5 nitrogen and oxygen atoms in total. The summed E-state index contributed by atoms with van der Waals surface area (Å²) in [6, 6.07) is 3.63. The first-order valence-electron chi connectivity index (χ1n) is 7.32. The van der Waals surface area contributed by atoms with Gasteiger partial charge in [-0.15, -0.1) is 0 Å². The Morgan fingerprint density at radius 1 is 1.25 bits per heavy atom. The number of ether oxygens (including phenoxy) is 1. The average molecular weight is 281 g/mol. The van der Waals surface area contributed by atoms with Crippen LogP contribution in [0.1, 0.15) is 33.3 Å². The first-order valence-corrected chi connectivity index (χ1v) is 7.32. The number of rotatable bonds is 1. The molecule has 1 aromatic heterocycles. The van der Waals surface area contributed by atoms with E-state index in [2.05, 4.69) is 10.3 Å². The molecule has 0 atom stereocenters. The van der Waals surface area contributed by atoms with Crippen molar-refractivity contribution in [1.82, 2.24) is 9.88 Å². The van der Waals surface area contributed by atoms with Gasteiger partial charge in [-0.2, -0.15) is 0 Å². The normalized spacial score (nSPS) is 13.3. The van der Waals surface area contributed by atoms with E-state index in [1.807, 2.05) is 46.8 Å². The number of anilines is 1. The quantitative estimate of drug-likeness (QED) is 0.859. The fourth-order valence-corrected chi connectivity index (χ4v) is 1.56. The summed E-state index contributed by atoms with van der Waals surface area (Å²) in [6.07, 6.45) is 1.68. The van der Waals surface area contributed by atoms with Gasteiger partial charge < -0.3 is 9.64 Å². The van der Waals surface area contributed by atoms with Crippen molar-refractivity contribution in [2.45, 2.75) is 34.6 Å². The Bertz CT molecular complexity index is 377. The van der Waals surface area contributed by atoms with Crippen molar-refractivity contribution < 1.29 is 9.53 Å². The van der Waals surface area contributed by atoms with Crippen molar-refractivity contribution in [2.24, 2.45) is 0 Å². The summed E-state index contributed by atoms with van der Waals surface area (Å²) in [7, 11) is 0. The molecule has 0 radical (unpaired) electrons. The summed E-state index contributed by atoms with van der Waals surface area (Å²) in [6.45, 7) is 12.4. The van der Waals surface area contributed by atoms with Crippen LogP contribution in [0.15, 0.2) is 18.3 Å². The van der Waals surface area contributed by atoms with Gasteiger partial charge in [0.2, 0.25) is 0 Å². The summed E-state index contributed by atoms with van der Waals surface area (Å²) >= 11 is 0. The van der Waals surface area contributed by atoms with E-state index in [1.54, 1.807) is 11.1 Å². The van der Waals surface area contributed by atoms with Crippen LogP contribution in [0.25, 0.3) is 0 Å². The third-order valence-corrected chi connectivity index (χ3v) is 2.45. The fourth-order valence-electron chi connectivity index (χ4n) is 1.56. The van der Waals surface area contributed by atoms with Gasteiger partial charge in [-0.3, -0.25) is 5.32 Å². The zero-order valence-corrected chi connectivity index (χ0v) is 13.3. The van der Waals surface area contributed by atoms with Gasteiger partial charge in [0.05, 0.1) is 13.2 Å². The van der Waals surface area contributed by atoms with Crippen LogP contribution >= 0.6 is 0 Å². The molecule has 2 heterocycles. The highest BCUT2D eigenvalue weighted by Gasteiger charge is 2.16. The van der Waals surface area contributed by atoms with Gasteiger partial charge >= 0.3 is 6.03 Å². The molecule has 1 aliphatic rings. The summed E-state index contributed by atoms with van der Waals surface area (Å²) in [5, 5.41) is 2.77. The standard InChI is InChI=1S/C11H15N3O2.2C2H6/c1-9-2-3-12-10(8-9)13-11(15)14-4-6-16-7-5-14;2*1-2/h2-3,8H,4-7H2,1H3,(H,12,13,15);2*1-2H3. The summed E-state index contributed by atoms with van der Waals surface area (Å²) in [5.74, 6) is 0.594. The fraction of sp³-hybridized carbons (Fsp3) is 0.600. The monoisotopic (exact) mass is 281 g/mol. The van der Waals surface area contributed by atoms with Crippen LogP contribution in [0.3, 0.4) is 0 Å². The average Bonchev–Trinajstić information content (AvgIpc) is 2.52. The smallest absolute Gasteiger partial charge is 0.323 e. The molecule has 1 N–H and O–H groups in total. The van der Waals surface area contributed by atoms with Crippen molar-refractivity contribution in [3.63, 3.8) is 0 Å². The number of nitrogens with zero attached hydrogens (tertiary/aromatic N) is 2. The third kappa shape index (κ3) is 6.52. The highest BCUT2D eigenvalue weighted by atomic mass is 16.5. The summed E-state index contributed by atoms with van der Waals surface area (Å²) in [4.78, 5) is 17.6. The number of aromatic nitrogens is 1. The minimum absolute atomic E-state index is 0.110. The number of nitrogens with one attached hydrogen (secondary N) is 1. The van der Waals surface area contributed by atoms with E-state index in [0.29, 0.717) is 32.1 Å². The van der Waals surface area contributed by atoms with E-state index in [1.165, 1.54) is 0 Å². The topological polar surface area (TPSA) is 54.5 Å². The predicted octanol–water partition coefficient (Wildman–Crippen LogP) is 3.31. The molecule has 2 amide bonds. The molecule has 0 unspecified atom stereocenters. The maximum atomic E-state index is 11.8. The molecule has 0 aliphatic carbocycles. The van der Waals surface area contributed by atoms with Crippen molar-refractivity contribution in [2.75, 3.05) is 31.6 Å². The second-order valence-electron chi connectivity index (χ2n) is 3.75. The SMILES string of the molecule is CC.CC.Cc1ccnc(NC(=O)N2CCOCC2)c1. The Hall–Kier alpha value is -1.62. The van der Waals surface area contributed by atoms with Crippen molar-refractivity contribution >= 4 is 11.8 Å². The summed E-state index contributed by atoms with van der Waals surface area (Å²) < 4.78 is 5.18. The highest BCUT2D eigenvalue weighted by molar-refractivity contribution is 5.88. The number of pyridine rings is 1. The Morgan fingerprint density at radius 3 is 2.40 bits per heavy atom. The zero-order valence-electron chi connectivity index (χ0n) is 13.3. The van der Waals surface area contributed by atoms with E-state index in [0.717, 1.165) is 5.56 Å². The lowest BCUT2D eigenvalue weighted by molar-refractivity contribution is 0.0564. The molecule has 1 aromatic rings. The number of hydrogen-bond acceptors (Lipinski definition) is 3. The predicted molar refractivity (Wildman–Crippen MR) is 83.1 cm³/mol. The lowest BCUT2D eigenvalue weighted by atomic mass is 10.3. The van der Waals surface area contributed by atoms with Gasteiger partial charge in [-0.25, -0.2) is 9.78 Å². The Labute approximate surface area is 122 Å². The number of amides is 2. The molecular formula is C15H27N3O2. The van der Waals surface area contributed by atoms with Crippen LogP contribution in [-0.4, -0.2) is 42.2 Å². The number of hydrogen-bond donors (Lipinski definition) is 1. The van der Waals surface area contributed by atoms with E-state index in [-0.39, 0.29) is 6.03 Å². The Kier molecular flexibility index (Phi) is 10.3. The number of carbonyl (C=O) groups excluding carboxylic acids is 1. The van der Waals surface area contributed by atoms with E-state index in [9.17, 15) is 4.79 Å². The van der Waals surface area contributed by atoms with Gasteiger partial charge in [0.15, 0.2) is 0 Å². The molecule has 2 rings (SSSR count). The molecule has 114 valence electrons. The van der Waals surface area contributed by atoms with E-state index in [4.69, 9.17) is 4.74 Å². The molecule has 1 saturated heterocycles. The van der Waals surface area contributed by atoms with Gasteiger partial charge in [0, 0.05) is 19.3 Å². The van der Waals surface area contributed by atoms with Crippen LogP contribution in [0.2, 0.25) is 0 Å². The highest BCUT2D eigenvalue weighted by Crippen LogP contribution is 2.07. The maximum Gasteiger partial charge on any atom is 0.323 e. The molecule has 0 spiro atoms. The molecule has 0 aromatic carbocycles. The third-order valence-electron chi connectivity index (χ3n) is 2.45. The van der Waals surface area contributed by atoms with Gasteiger partial charge in [-0.05, 0) is 24.6 Å². The zero-order chi connectivity index (χ0) is 15.4. The van der Waals surface area contributed by atoms with Gasteiger partial charge in [0.1, 0.15) is 5.82 Å². The first kappa shape index (κ1) is 18.4. The maximum absolute atomic E-state index is 11.8. The van der Waals surface area contributed by atoms with Crippen LogP contribution in [0, 0.1) is 6.92 Å². The van der Waals surface area contributed by atoms with Crippen molar-refractivity contribution in [3.8, 4) is 0 Å². The van der Waals surface area contributed by atoms with Gasteiger partial charge in [0.25, 0.3) is 0 Å². The number of urea groups is 1. The lowest BCUT2D eigenvalue weighted by Gasteiger charge is -2.26. The lowest BCUT2D eigenvalue weighted by Crippen LogP contribution is -2.43. The minimum Gasteiger partial charge on any atom is -0.378 e. The number of carbonyl (C=O) groups is 1. The molecule has 5 heteroatoms. The van der Waals surface area contributed by atoms with Crippen LogP contribution in [0.4, 0.5) is 10.6 Å². The van der Waals surface area contributed by atoms with Crippen LogP contribution < -0.4 is 5.32 Å². The number of aryl methyl sites for hydroxylation is 1. The second kappa shape index (κ2) is 11.2. The van der Waals surface area contributed by atoms with E-state index >= 15 is 0 Å². The molecule has 1 aliphatic heterocycles. The second-order valence-corrected chi connectivity index (χ2v) is 3.75. The molecule has 0 bridgehead atoms. The Balaban J connectivity index is 0.000000829.